The summed E-state index contributed by atoms with van der Waals surface area (Å²) in [4.78, 5) is 22.6. The molecule has 1 N–H and O–H groups in total. The lowest BCUT2D eigenvalue weighted by molar-refractivity contribution is 0.0478. The van der Waals surface area contributed by atoms with Crippen molar-refractivity contribution in [1.29, 1.82) is 0 Å². The van der Waals surface area contributed by atoms with Gasteiger partial charge in [-0.25, -0.2) is 14.8 Å². The first-order valence-corrected chi connectivity index (χ1v) is 10.2. The van der Waals surface area contributed by atoms with Crippen molar-refractivity contribution < 1.29 is 9.53 Å². The SMILES string of the molecule is Cc1c(C(=O)OCc2ccccc2)sc2ncnc(Nc3ccccc3Br)c12. The van der Waals surface area contributed by atoms with E-state index in [1.54, 1.807) is 0 Å². The Labute approximate surface area is 174 Å². The maximum atomic E-state index is 12.6. The number of ether oxygens (including phenoxy) is 1. The summed E-state index contributed by atoms with van der Waals surface area (Å²) in [6.07, 6.45) is 1.50. The number of esters is 1. The second-order valence-electron chi connectivity index (χ2n) is 6.13. The minimum Gasteiger partial charge on any atom is -0.457 e. The molecule has 0 saturated carbocycles. The summed E-state index contributed by atoms with van der Waals surface area (Å²) in [6, 6.07) is 17.4. The lowest BCUT2D eigenvalue weighted by Crippen LogP contribution is -2.04. The highest BCUT2D eigenvalue weighted by Crippen LogP contribution is 2.36. The Kier molecular flexibility index (Phi) is 5.36. The summed E-state index contributed by atoms with van der Waals surface area (Å²) in [5.74, 6) is 0.309. The minimum atomic E-state index is -0.351. The number of fused-ring (bicyclic) bond motifs is 1. The van der Waals surface area contributed by atoms with E-state index >= 15 is 0 Å². The number of aromatic nitrogens is 2. The highest BCUT2D eigenvalue weighted by molar-refractivity contribution is 9.10. The molecule has 0 atom stereocenters. The van der Waals surface area contributed by atoms with Crippen LogP contribution >= 0.6 is 27.3 Å². The number of aryl methyl sites for hydroxylation is 1. The van der Waals surface area contributed by atoms with Crippen LogP contribution in [-0.4, -0.2) is 15.9 Å². The Balaban J connectivity index is 1.63. The molecule has 0 aliphatic heterocycles. The highest BCUT2D eigenvalue weighted by Gasteiger charge is 2.20. The van der Waals surface area contributed by atoms with Crippen LogP contribution in [0.4, 0.5) is 11.5 Å². The molecule has 2 aromatic carbocycles. The monoisotopic (exact) mass is 453 g/mol. The van der Waals surface area contributed by atoms with E-state index in [1.807, 2.05) is 61.5 Å². The quantitative estimate of drug-likeness (QED) is 0.383. The first-order chi connectivity index (χ1) is 13.6. The predicted octanol–water partition coefficient (Wildman–Crippen LogP) is 5.86. The van der Waals surface area contributed by atoms with Crippen LogP contribution in [0.5, 0.6) is 0 Å². The highest BCUT2D eigenvalue weighted by atomic mass is 79.9. The molecular formula is C21H16BrN3O2S. The average Bonchev–Trinajstić information content (AvgIpc) is 3.06. The van der Waals surface area contributed by atoms with Gasteiger partial charge in [-0.3, -0.25) is 0 Å². The summed E-state index contributed by atoms with van der Waals surface area (Å²) >= 11 is 4.85. The lowest BCUT2D eigenvalue weighted by atomic mass is 10.2. The van der Waals surface area contributed by atoms with Crippen molar-refractivity contribution >= 4 is 55.0 Å². The number of carbonyl (C=O) groups is 1. The summed E-state index contributed by atoms with van der Waals surface area (Å²) in [5.41, 5.74) is 2.65. The maximum Gasteiger partial charge on any atom is 0.349 e. The van der Waals surface area contributed by atoms with Gasteiger partial charge in [0.2, 0.25) is 0 Å². The molecule has 0 fully saturated rings. The number of thiophene rings is 1. The Morgan fingerprint density at radius 1 is 1.11 bits per heavy atom. The van der Waals surface area contributed by atoms with Gasteiger partial charge in [-0.1, -0.05) is 42.5 Å². The second-order valence-corrected chi connectivity index (χ2v) is 7.98. The molecule has 0 aliphatic rings. The minimum absolute atomic E-state index is 0.237. The van der Waals surface area contributed by atoms with Gasteiger partial charge in [-0.15, -0.1) is 11.3 Å². The number of para-hydroxylation sites is 1. The number of nitrogens with one attached hydrogen (secondary N) is 1. The Morgan fingerprint density at radius 2 is 1.86 bits per heavy atom. The summed E-state index contributed by atoms with van der Waals surface area (Å²) in [6.45, 7) is 2.13. The van der Waals surface area contributed by atoms with E-state index in [1.165, 1.54) is 17.7 Å². The molecule has 2 aromatic heterocycles. The standard InChI is InChI=1S/C21H16BrN3O2S/c1-13-17-19(25-16-10-6-5-9-15(16)22)23-12-24-20(17)28-18(13)21(26)27-11-14-7-3-2-4-8-14/h2-10,12H,11H2,1H3,(H,23,24,25). The van der Waals surface area contributed by atoms with E-state index in [9.17, 15) is 4.79 Å². The molecule has 2 heterocycles. The van der Waals surface area contributed by atoms with Crippen molar-refractivity contribution in [2.45, 2.75) is 13.5 Å². The van der Waals surface area contributed by atoms with Crippen LogP contribution in [0, 0.1) is 6.92 Å². The number of hydrogen-bond acceptors (Lipinski definition) is 6. The maximum absolute atomic E-state index is 12.6. The number of hydrogen-bond donors (Lipinski definition) is 1. The van der Waals surface area contributed by atoms with Gasteiger partial charge >= 0.3 is 5.97 Å². The van der Waals surface area contributed by atoms with Gasteiger partial charge in [0.05, 0.1) is 11.1 Å². The molecule has 0 amide bonds. The van der Waals surface area contributed by atoms with E-state index in [2.05, 4.69) is 31.2 Å². The van der Waals surface area contributed by atoms with Crippen molar-refractivity contribution in [2.24, 2.45) is 0 Å². The van der Waals surface area contributed by atoms with Gasteiger partial charge in [0.1, 0.15) is 28.5 Å². The van der Waals surface area contributed by atoms with Gasteiger partial charge in [0.25, 0.3) is 0 Å². The van der Waals surface area contributed by atoms with Crippen LogP contribution in [-0.2, 0) is 11.3 Å². The summed E-state index contributed by atoms with van der Waals surface area (Å²) in [5, 5.41) is 4.15. The van der Waals surface area contributed by atoms with Crippen LogP contribution in [0.2, 0.25) is 0 Å². The molecule has 5 nitrogen and oxygen atoms in total. The first-order valence-electron chi connectivity index (χ1n) is 8.60. The zero-order chi connectivity index (χ0) is 19.5. The number of benzene rings is 2. The fraction of sp³-hybridized carbons (Fsp3) is 0.0952. The van der Waals surface area contributed by atoms with Crippen molar-refractivity contribution in [3.63, 3.8) is 0 Å². The molecule has 0 unspecified atom stereocenters. The second kappa shape index (κ2) is 8.08. The molecule has 0 spiro atoms. The molecule has 0 aliphatic carbocycles. The molecular weight excluding hydrogens is 438 g/mol. The molecule has 0 radical (unpaired) electrons. The molecule has 28 heavy (non-hydrogen) atoms. The Bertz CT molecular complexity index is 1150. The van der Waals surface area contributed by atoms with E-state index in [0.29, 0.717) is 10.7 Å². The van der Waals surface area contributed by atoms with Crippen molar-refractivity contribution in [2.75, 3.05) is 5.32 Å². The van der Waals surface area contributed by atoms with Crippen LogP contribution in [0.25, 0.3) is 10.2 Å². The van der Waals surface area contributed by atoms with Gasteiger partial charge in [0.15, 0.2) is 0 Å². The number of nitrogens with zero attached hydrogens (tertiary/aromatic N) is 2. The number of anilines is 2. The van der Waals surface area contributed by atoms with Gasteiger partial charge in [-0.05, 0) is 46.1 Å². The van der Waals surface area contributed by atoms with Crippen molar-refractivity contribution in [3.05, 3.63) is 81.4 Å². The first kappa shape index (κ1) is 18.6. The fourth-order valence-electron chi connectivity index (χ4n) is 2.84. The van der Waals surface area contributed by atoms with Crippen LogP contribution < -0.4 is 5.32 Å². The summed E-state index contributed by atoms with van der Waals surface area (Å²) < 4.78 is 6.43. The van der Waals surface area contributed by atoms with Crippen LogP contribution in [0.15, 0.2) is 65.4 Å². The van der Waals surface area contributed by atoms with Crippen molar-refractivity contribution in [3.8, 4) is 0 Å². The van der Waals surface area contributed by atoms with E-state index in [0.717, 1.165) is 31.5 Å². The molecule has 7 heteroatoms. The molecule has 4 aromatic rings. The number of halogens is 1. The van der Waals surface area contributed by atoms with E-state index in [-0.39, 0.29) is 12.6 Å². The van der Waals surface area contributed by atoms with Gasteiger partial charge < -0.3 is 10.1 Å². The third-order valence-corrected chi connectivity index (χ3v) is 6.12. The zero-order valence-corrected chi connectivity index (χ0v) is 17.4. The normalized spacial score (nSPS) is 10.8. The summed E-state index contributed by atoms with van der Waals surface area (Å²) in [7, 11) is 0. The molecule has 0 bridgehead atoms. The third kappa shape index (κ3) is 3.76. The molecule has 140 valence electrons. The Morgan fingerprint density at radius 3 is 2.64 bits per heavy atom. The van der Waals surface area contributed by atoms with Crippen LogP contribution in [0.3, 0.4) is 0 Å². The van der Waals surface area contributed by atoms with E-state index < -0.39 is 0 Å². The van der Waals surface area contributed by atoms with Crippen molar-refractivity contribution in [1.82, 2.24) is 9.97 Å². The third-order valence-electron chi connectivity index (χ3n) is 4.25. The van der Waals surface area contributed by atoms with Gasteiger partial charge in [0, 0.05) is 4.47 Å². The largest absolute Gasteiger partial charge is 0.457 e. The zero-order valence-electron chi connectivity index (χ0n) is 15.0. The van der Waals surface area contributed by atoms with Gasteiger partial charge in [-0.2, -0.15) is 0 Å². The Hall–Kier alpha value is -2.77. The fourth-order valence-corrected chi connectivity index (χ4v) is 4.27. The number of rotatable bonds is 5. The van der Waals surface area contributed by atoms with E-state index in [4.69, 9.17) is 4.74 Å². The predicted molar refractivity (Wildman–Crippen MR) is 115 cm³/mol. The van der Waals surface area contributed by atoms with Crippen LogP contribution in [0.1, 0.15) is 20.8 Å². The number of carbonyl (C=O) groups excluding carboxylic acids is 1. The smallest absolute Gasteiger partial charge is 0.349 e. The molecule has 0 saturated heterocycles. The topological polar surface area (TPSA) is 64.1 Å². The lowest BCUT2D eigenvalue weighted by Gasteiger charge is -2.09. The molecule has 4 rings (SSSR count). The average molecular weight is 454 g/mol.